The van der Waals surface area contributed by atoms with Gasteiger partial charge in [-0.3, -0.25) is 0 Å². The van der Waals surface area contributed by atoms with Crippen LogP contribution in [0.15, 0.2) is 0 Å². The van der Waals surface area contributed by atoms with Gasteiger partial charge in [-0.2, -0.15) is 0 Å². The lowest BCUT2D eigenvalue weighted by molar-refractivity contribution is 0.0220. The Morgan fingerprint density at radius 2 is 2.05 bits per heavy atom. The molecule has 0 bridgehead atoms. The Morgan fingerprint density at radius 3 is 2.58 bits per heavy atom. The molecule has 1 atom stereocenters. The average molecular weight is 312 g/mol. The average Bonchev–Trinajstić information content (AvgIpc) is 2.61. The Bertz CT molecular complexity index is 416. The van der Waals surface area contributed by atoms with E-state index >= 15 is 0 Å². The minimum atomic E-state index is -3.44. The summed E-state index contributed by atoms with van der Waals surface area (Å²) in [4.78, 5) is 13.7. The first-order valence-electron chi connectivity index (χ1n) is 6.50. The second kappa shape index (κ2) is 6.31. The number of hydrogen-bond acceptors (Lipinski definition) is 4. The second-order valence-corrected chi connectivity index (χ2v) is 8.75. The van der Waals surface area contributed by atoms with E-state index in [0.717, 1.165) is 12.8 Å². The standard InChI is InChI=1S/C12H22ClNO4S/c1-12(2,3)18-11(15)14-8-4-6-10(14)7-5-9-19(13,16)17/h10H,4-9H2,1-3H3. The van der Waals surface area contributed by atoms with Gasteiger partial charge in [-0.05, 0) is 46.5 Å². The Balaban J connectivity index is 2.48. The number of carbonyl (C=O) groups excluding carboxylic acids is 1. The molecule has 7 heteroatoms. The van der Waals surface area contributed by atoms with Gasteiger partial charge in [-0.1, -0.05) is 0 Å². The highest BCUT2D eigenvalue weighted by molar-refractivity contribution is 8.13. The van der Waals surface area contributed by atoms with Gasteiger partial charge < -0.3 is 9.64 Å². The predicted molar refractivity (Wildman–Crippen MR) is 74.8 cm³/mol. The van der Waals surface area contributed by atoms with Crippen molar-refractivity contribution in [3.05, 3.63) is 0 Å². The number of hydrogen-bond donors (Lipinski definition) is 0. The van der Waals surface area contributed by atoms with Crippen molar-refractivity contribution in [3.8, 4) is 0 Å². The van der Waals surface area contributed by atoms with E-state index < -0.39 is 14.7 Å². The van der Waals surface area contributed by atoms with Crippen LogP contribution in [0, 0.1) is 0 Å². The Labute approximate surface area is 119 Å². The van der Waals surface area contributed by atoms with Crippen molar-refractivity contribution in [2.45, 2.75) is 58.1 Å². The molecule has 1 saturated heterocycles. The van der Waals surface area contributed by atoms with Crippen LogP contribution in [-0.2, 0) is 13.8 Å². The minimum Gasteiger partial charge on any atom is -0.444 e. The quantitative estimate of drug-likeness (QED) is 0.749. The van der Waals surface area contributed by atoms with Crippen LogP contribution in [0.1, 0.15) is 46.5 Å². The molecule has 1 heterocycles. The van der Waals surface area contributed by atoms with Gasteiger partial charge in [0.2, 0.25) is 9.05 Å². The first-order valence-corrected chi connectivity index (χ1v) is 8.98. The molecular formula is C12H22ClNO4S. The summed E-state index contributed by atoms with van der Waals surface area (Å²) in [7, 11) is 1.73. The van der Waals surface area contributed by atoms with E-state index in [1.165, 1.54) is 0 Å². The molecule has 0 N–H and O–H groups in total. The molecule has 1 aliphatic heterocycles. The number of amides is 1. The molecule has 0 aromatic heterocycles. The van der Waals surface area contributed by atoms with E-state index in [1.54, 1.807) is 4.90 Å². The molecule has 0 aromatic carbocycles. The Hall–Kier alpha value is -0.490. The zero-order chi connectivity index (χ0) is 14.7. The van der Waals surface area contributed by atoms with E-state index in [-0.39, 0.29) is 17.9 Å². The lowest BCUT2D eigenvalue weighted by Gasteiger charge is -2.28. The number of likely N-dealkylation sites (tertiary alicyclic amines) is 1. The molecule has 0 spiro atoms. The zero-order valence-corrected chi connectivity index (χ0v) is 13.3. The van der Waals surface area contributed by atoms with Gasteiger partial charge in [0, 0.05) is 23.3 Å². The second-order valence-electron chi connectivity index (χ2n) is 5.85. The van der Waals surface area contributed by atoms with E-state index in [0.29, 0.717) is 19.4 Å². The number of halogens is 1. The summed E-state index contributed by atoms with van der Waals surface area (Å²) in [6.45, 7) is 6.16. The molecule has 1 fully saturated rings. The van der Waals surface area contributed by atoms with Crippen molar-refractivity contribution < 1.29 is 17.9 Å². The van der Waals surface area contributed by atoms with Crippen molar-refractivity contribution in [2.24, 2.45) is 0 Å². The van der Waals surface area contributed by atoms with Crippen molar-refractivity contribution >= 4 is 25.8 Å². The molecule has 0 aromatic rings. The summed E-state index contributed by atoms with van der Waals surface area (Å²) in [5.74, 6) is -0.0484. The fourth-order valence-corrected chi connectivity index (χ4v) is 3.03. The van der Waals surface area contributed by atoms with Crippen LogP contribution in [0.2, 0.25) is 0 Å². The highest BCUT2D eigenvalue weighted by Gasteiger charge is 2.31. The highest BCUT2D eigenvalue weighted by atomic mass is 35.7. The van der Waals surface area contributed by atoms with E-state index in [1.807, 2.05) is 20.8 Å². The lowest BCUT2D eigenvalue weighted by Crippen LogP contribution is -2.39. The first-order chi connectivity index (χ1) is 8.58. The maximum absolute atomic E-state index is 12.0. The molecule has 112 valence electrons. The normalized spacial score (nSPS) is 20.6. The van der Waals surface area contributed by atoms with E-state index in [2.05, 4.69) is 0 Å². The lowest BCUT2D eigenvalue weighted by atomic mass is 10.1. The van der Waals surface area contributed by atoms with Crippen molar-refractivity contribution in [1.29, 1.82) is 0 Å². The molecule has 5 nitrogen and oxygen atoms in total. The molecule has 0 radical (unpaired) electrons. The fraction of sp³-hybridized carbons (Fsp3) is 0.917. The number of nitrogens with zero attached hydrogens (tertiary/aromatic N) is 1. The van der Waals surface area contributed by atoms with Gasteiger partial charge in [0.05, 0.1) is 5.75 Å². The van der Waals surface area contributed by atoms with Gasteiger partial charge in [0.15, 0.2) is 0 Å². The predicted octanol–water partition coefficient (Wildman–Crippen LogP) is 2.73. The number of rotatable bonds is 4. The fourth-order valence-electron chi connectivity index (χ4n) is 2.19. The zero-order valence-electron chi connectivity index (χ0n) is 11.7. The largest absolute Gasteiger partial charge is 0.444 e. The molecule has 1 aliphatic rings. The summed E-state index contributed by atoms with van der Waals surface area (Å²) < 4.78 is 27.1. The first kappa shape index (κ1) is 16.6. The summed E-state index contributed by atoms with van der Waals surface area (Å²) in [5, 5.41) is 0. The van der Waals surface area contributed by atoms with Crippen molar-refractivity contribution in [2.75, 3.05) is 12.3 Å². The third-order valence-corrected chi connectivity index (χ3v) is 4.17. The smallest absolute Gasteiger partial charge is 0.410 e. The monoisotopic (exact) mass is 311 g/mol. The topological polar surface area (TPSA) is 63.7 Å². The number of carbonyl (C=O) groups is 1. The van der Waals surface area contributed by atoms with Gasteiger partial charge in [0.1, 0.15) is 5.60 Å². The highest BCUT2D eigenvalue weighted by Crippen LogP contribution is 2.24. The SMILES string of the molecule is CC(C)(C)OC(=O)N1CCCC1CCCS(=O)(=O)Cl. The third-order valence-electron chi connectivity index (χ3n) is 2.93. The maximum atomic E-state index is 12.0. The van der Waals surface area contributed by atoms with Gasteiger partial charge >= 0.3 is 6.09 Å². The van der Waals surface area contributed by atoms with Crippen molar-refractivity contribution in [1.82, 2.24) is 4.90 Å². The van der Waals surface area contributed by atoms with Crippen LogP contribution in [0.3, 0.4) is 0 Å². The van der Waals surface area contributed by atoms with Gasteiger partial charge in [-0.15, -0.1) is 0 Å². The molecule has 0 aliphatic carbocycles. The summed E-state index contributed by atoms with van der Waals surface area (Å²) >= 11 is 0. The van der Waals surface area contributed by atoms with Crippen molar-refractivity contribution in [3.63, 3.8) is 0 Å². The molecule has 0 saturated carbocycles. The van der Waals surface area contributed by atoms with Gasteiger partial charge in [-0.25, -0.2) is 13.2 Å². The van der Waals surface area contributed by atoms with Crippen LogP contribution >= 0.6 is 10.7 Å². The molecule has 1 rings (SSSR count). The van der Waals surface area contributed by atoms with Crippen LogP contribution < -0.4 is 0 Å². The molecule has 1 amide bonds. The van der Waals surface area contributed by atoms with Crippen LogP contribution in [0.25, 0.3) is 0 Å². The summed E-state index contributed by atoms with van der Waals surface area (Å²) in [6.07, 6.45) is 2.61. The van der Waals surface area contributed by atoms with E-state index in [4.69, 9.17) is 15.4 Å². The summed E-state index contributed by atoms with van der Waals surface area (Å²) in [6, 6.07) is 0.0632. The third kappa shape index (κ3) is 6.47. The minimum absolute atomic E-state index is 0.0484. The Morgan fingerprint density at radius 1 is 1.42 bits per heavy atom. The molecule has 19 heavy (non-hydrogen) atoms. The molecule has 1 unspecified atom stereocenters. The maximum Gasteiger partial charge on any atom is 0.410 e. The summed E-state index contributed by atoms with van der Waals surface area (Å²) in [5.41, 5.74) is -0.510. The Kier molecular flexibility index (Phi) is 5.50. The van der Waals surface area contributed by atoms with Crippen LogP contribution in [0.5, 0.6) is 0 Å². The van der Waals surface area contributed by atoms with Crippen LogP contribution in [-0.4, -0.2) is 43.4 Å². The number of ether oxygens (including phenoxy) is 1. The molecular weight excluding hydrogens is 290 g/mol. The van der Waals surface area contributed by atoms with Gasteiger partial charge in [0.25, 0.3) is 0 Å². The van der Waals surface area contributed by atoms with E-state index in [9.17, 15) is 13.2 Å². The van der Waals surface area contributed by atoms with Crippen LogP contribution in [0.4, 0.5) is 4.79 Å².